The van der Waals surface area contributed by atoms with Gasteiger partial charge in [0.2, 0.25) is 23.6 Å². The Hall–Kier alpha value is -4.46. The number of methoxy groups -OCH3 is 1. The molecule has 2 heterocycles. The lowest BCUT2D eigenvalue weighted by atomic mass is 9.96. The molecule has 0 spiro atoms. The Morgan fingerprint density at radius 2 is 1.62 bits per heavy atom. The van der Waals surface area contributed by atoms with Crippen LogP contribution in [-0.4, -0.2) is 94.4 Å². The maximum Gasteiger partial charge on any atom is 0.326 e. The zero-order valence-corrected chi connectivity index (χ0v) is 27.5. The molecule has 14 heteroatoms. The molecule has 7 N–H and O–H groups in total. The van der Waals surface area contributed by atoms with Gasteiger partial charge in [0.25, 0.3) is 0 Å². The fourth-order valence-electron chi connectivity index (χ4n) is 7.13. The molecule has 2 aliphatic carbocycles. The second kappa shape index (κ2) is 15.2. The summed E-state index contributed by atoms with van der Waals surface area (Å²) in [5, 5.41) is 18.7. The van der Waals surface area contributed by atoms with E-state index >= 15 is 0 Å². The number of nitrogens with zero attached hydrogens (tertiary/aromatic N) is 1. The average molecular weight is 667 g/mol. The van der Waals surface area contributed by atoms with Crippen LogP contribution >= 0.6 is 0 Å². The van der Waals surface area contributed by atoms with Crippen molar-refractivity contribution in [3.8, 4) is 0 Å². The van der Waals surface area contributed by atoms with Gasteiger partial charge in [-0.1, -0.05) is 31.0 Å². The number of para-hydroxylation sites is 1. The van der Waals surface area contributed by atoms with Crippen LogP contribution in [0.4, 0.5) is 0 Å². The number of hydrogen-bond donors (Lipinski definition) is 6. The summed E-state index contributed by atoms with van der Waals surface area (Å²) in [4.78, 5) is 83.2. The number of carboxylic acids is 1. The average Bonchev–Trinajstić information content (AvgIpc) is 3.41. The fourth-order valence-corrected chi connectivity index (χ4v) is 7.13. The van der Waals surface area contributed by atoms with E-state index in [0.717, 1.165) is 35.0 Å². The van der Waals surface area contributed by atoms with Crippen LogP contribution in [0.25, 0.3) is 10.9 Å². The molecule has 3 aliphatic rings. The highest BCUT2D eigenvalue weighted by atomic mass is 16.5. The number of aliphatic carboxylic acids is 1. The summed E-state index contributed by atoms with van der Waals surface area (Å²) in [6, 6.07) is 2.35. The number of carboxylic acid groups (broad SMARTS) is 1. The van der Waals surface area contributed by atoms with E-state index in [4.69, 9.17) is 10.5 Å². The molecular weight excluding hydrogens is 620 g/mol. The monoisotopic (exact) mass is 666 g/mol. The Morgan fingerprint density at radius 1 is 0.938 bits per heavy atom. The van der Waals surface area contributed by atoms with Gasteiger partial charge in [-0.25, -0.2) is 4.79 Å². The maximum atomic E-state index is 13.9. The minimum absolute atomic E-state index is 0.129. The maximum absolute atomic E-state index is 13.9. The number of H-pyrrole nitrogens is 1. The van der Waals surface area contributed by atoms with Crippen LogP contribution in [-0.2, 0) is 39.9 Å². The Balaban J connectivity index is 1.28. The van der Waals surface area contributed by atoms with Gasteiger partial charge in [-0.15, -0.1) is 0 Å². The zero-order chi connectivity index (χ0) is 34.5. The molecule has 0 bridgehead atoms. The summed E-state index contributed by atoms with van der Waals surface area (Å²) in [5.41, 5.74) is 8.96. The van der Waals surface area contributed by atoms with Crippen LogP contribution in [0.5, 0.6) is 0 Å². The first-order valence-corrected chi connectivity index (χ1v) is 16.8. The van der Waals surface area contributed by atoms with Crippen LogP contribution in [0.2, 0.25) is 0 Å². The first-order valence-electron chi connectivity index (χ1n) is 16.8. The number of amides is 4. The molecule has 0 radical (unpaired) electrons. The molecule has 1 aromatic heterocycles. The fraction of sp³-hybridized carbons (Fsp3) is 0.588. The Morgan fingerprint density at radius 3 is 2.29 bits per heavy atom. The van der Waals surface area contributed by atoms with Gasteiger partial charge >= 0.3 is 11.9 Å². The van der Waals surface area contributed by atoms with Crippen molar-refractivity contribution in [3.63, 3.8) is 0 Å². The zero-order valence-electron chi connectivity index (χ0n) is 27.5. The lowest BCUT2D eigenvalue weighted by Crippen LogP contribution is -2.59. The molecule has 1 saturated heterocycles. The van der Waals surface area contributed by atoms with Gasteiger partial charge in [0.05, 0.1) is 19.6 Å². The molecular formula is C34H46N6O8. The van der Waals surface area contributed by atoms with Gasteiger partial charge in [0, 0.05) is 23.1 Å². The van der Waals surface area contributed by atoms with E-state index < -0.39 is 72.2 Å². The third-order valence-corrected chi connectivity index (χ3v) is 9.95. The lowest BCUT2D eigenvalue weighted by molar-refractivity contribution is -0.147. The second-order valence-corrected chi connectivity index (χ2v) is 13.3. The van der Waals surface area contributed by atoms with Crippen LogP contribution < -0.4 is 21.7 Å². The molecule has 1 unspecified atom stereocenters. The molecule has 14 nitrogen and oxygen atoms in total. The van der Waals surface area contributed by atoms with Crippen molar-refractivity contribution in [3.05, 3.63) is 35.5 Å². The molecule has 48 heavy (non-hydrogen) atoms. The summed E-state index contributed by atoms with van der Waals surface area (Å²) in [6.07, 6.45) is 5.15. The molecule has 1 aliphatic heterocycles. The Labute approximate surface area is 278 Å². The van der Waals surface area contributed by atoms with Gasteiger partial charge in [-0.05, 0) is 75.3 Å². The first-order chi connectivity index (χ1) is 23.0. The van der Waals surface area contributed by atoms with Gasteiger partial charge < -0.3 is 41.4 Å². The van der Waals surface area contributed by atoms with Crippen molar-refractivity contribution < 1.29 is 38.6 Å². The predicted molar refractivity (Wildman–Crippen MR) is 174 cm³/mol. The van der Waals surface area contributed by atoms with E-state index in [0.29, 0.717) is 38.5 Å². The van der Waals surface area contributed by atoms with Gasteiger partial charge in [-0.2, -0.15) is 0 Å². The summed E-state index contributed by atoms with van der Waals surface area (Å²) in [5.74, 6) is -4.48. The number of carbonyl (C=O) groups excluding carboxylic acids is 5. The van der Waals surface area contributed by atoms with Gasteiger partial charge in [0.15, 0.2) is 0 Å². The number of ether oxygens (including phenoxy) is 1. The number of aromatic nitrogens is 1. The number of benzene rings is 1. The molecule has 260 valence electrons. The van der Waals surface area contributed by atoms with E-state index in [1.54, 1.807) is 0 Å². The number of rotatable bonds is 14. The van der Waals surface area contributed by atoms with Gasteiger partial charge in [-0.3, -0.25) is 24.0 Å². The third-order valence-electron chi connectivity index (χ3n) is 9.95. The minimum atomic E-state index is -1.34. The van der Waals surface area contributed by atoms with E-state index in [2.05, 4.69) is 20.9 Å². The number of likely N-dealkylation sites (tertiary alicyclic amines) is 1. The van der Waals surface area contributed by atoms with Crippen LogP contribution in [0.3, 0.4) is 0 Å². The molecule has 5 atom stereocenters. The highest BCUT2D eigenvalue weighted by Crippen LogP contribution is 2.34. The van der Waals surface area contributed by atoms with E-state index in [-0.39, 0.29) is 24.8 Å². The van der Waals surface area contributed by atoms with Crippen molar-refractivity contribution in [1.29, 1.82) is 0 Å². The molecule has 5 rings (SSSR count). The number of fused-ring (bicyclic) bond motifs is 1. The quantitative estimate of drug-likeness (QED) is 0.159. The molecule has 1 aromatic carbocycles. The van der Waals surface area contributed by atoms with Crippen molar-refractivity contribution in [2.24, 2.45) is 17.6 Å². The summed E-state index contributed by atoms with van der Waals surface area (Å²) in [7, 11) is 1.18. The van der Waals surface area contributed by atoms with Crippen molar-refractivity contribution >= 4 is 46.5 Å². The first kappa shape index (κ1) is 34.9. The topological polar surface area (TPSA) is 213 Å². The molecule has 3 fully saturated rings. The van der Waals surface area contributed by atoms with Crippen LogP contribution in [0.1, 0.15) is 69.0 Å². The number of hydrogen-bond acceptors (Lipinski definition) is 8. The van der Waals surface area contributed by atoms with Crippen LogP contribution in [0, 0.1) is 18.8 Å². The van der Waals surface area contributed by atoms with Crippen molar-refractivity contribution in [2.75, 3.05) is 13.7 Å². The number of aromatic amines is 1. The van der Waals surface area contributed by atoms with E-state index in [1.807, 2.05) is 31.2 Å². The lowest BCUT2D eigenvalue weighted by Gasteiger charge is -2.31. The highest BCUT2D eigenvalue weighted by Gasteiger charge is 2.43. The van der Waals surface area contributed by atoms with Gasteiger partial charge in [0.1, 0.15) is 24.2 Å². The summed E-state index contributed by atoms with van der Waals surface area (Å²) >= 11 is 0. The van der Waals surface area contributed by atoms with Crippen molar-refractivity contribution in [2.45, 2.75) is 101 Å². The molecule has 2 saturated carbocycles. The number of esters is 1. The number of nitrogens with one attached hydrogen (secondary N) is 4. The SMILES string of the molecule is COC(=O)C[C@@H](NC(=O)[C@H](N)Cc1c(C)[nH]c2ccccc12)C(=O)N1CCC[C@H]1C(=O)N[C@@H](C(=O)NC(C(=O)O)C1CC1)C1CCCC1. The molecule has 2 aromatic rings. The molecule has 4 amide bonds. The van der Waals surface area contributed by atoms with E-state index in [1.165, 1.54) is 12.0 Å². The highest BCUT2D eigenvalue weighted by molar-refractivity contribution is 5.97. The number of carbonyl (C=O) groups is 6. The number of aryl methyl sites for hydroxylation is 1. The minimum Gasteiger partial charge on any atom is -0.480 e. The number of nitrogens with two attached hydrogens (primary N) is 1. The largest absolute Gasteiger partial charge is 0.480 e. The standard InChI is InChI=1S/C34H46N6O8/c1-18-22(21-10-5-6-11-24(21)36-18)16-23(35)30(42)37-25(17-27(41)48-2)33(45)40-15-7-12-26(40)31(43)38-28(19-8-3-4-9-19)32(44)39-29(34(46)47)20-13-14-20/h5-6,10-11,19-20,23,25-26,28-29,36H,3-4,7-9,12-17,35H2,1-2H3,(H,37,42)(H,38,43)(H,39,44)(H,46,47)/t23-,25-,26+,28-,29?/m1/s1. The Bertz CT molecular complexity index is 1550. The summed E-state index contributed by atoms with van der Waals surface area (Å²) in [6.45, 7) is 2.09. The normalized spacial score (nSPS) is 20.5. The third kappa shape index (κ3) is 7.97. The van der Waals surface area contributed by atoms with Crippen LogP contribution in [0.15, 0.2) is 24.3 Å². The Kier molecular flexibility index (Phi) is 11.0. The van der Waals surface area contributed by atoms with Crippen molar-refractivity contribution in [1.82, 2.24) is 25.8 Å². The predicted octanol–water partition coefficient (Wildman–Crippen LogP) is 1.04. The second-order valence-electron chi connectivity index (χ2n) is 13.3. The summed E-state index contributed by atoms with van der Waals surface area (Å²) < 4.78 is 4.80. The van der Waals surface area contributed by atoms with E-state index in [9.17, 15) is 33.9 Å². The smallest absolute Gasteiger partial charge is 0.326 e.